The van der Waals surface area contributed by atoms with Crippen LogP contribution in [0, 0.1) is 12.3 Å². The number of nitrogens with one attached hydrogen (secondary N) is 3. The normalized spacial score (nSPS) is 14.6. The van der Waals surface area contributed by atoms with Gasteiger partial charge in [0.25, 0.3) is 5.56 Å². The molecule has 0 aliphatic carbocycles. The molecule has 0 bridgehead atoms. The average Bonchev–Trinajstić information content (AvgIpc) is 2.77. The lowest BCUT2D eigenvalue weighted by Gasteiger charge is -2.32. The van der Waals surface area contributed by atoms with Gasteiger partial charge in [0, 0.05) is 18.8 Å². The van der Waals surface area contributed by atoms with Gasteiger partial charge in [-0.05, 0) is 37.5 Å². The highest BCUT2D eigenvalue weighted by Gasteiger charge is 2.25. The summed E-state index contributed by atoms with van der Waals surface area (Å²) in [5.74, 6) is -0.805. The molecule has 0 unspecified atom stereocenters. The number of carbonyl (C=O) groups excluding carboxylic acids is 1. The minimum atomic E-state index is -3.81. The van der Waals surface area contributed by atoms with Gasteiger partial charge in [-0.15, -0.1) is 0 Å². The van der Waals surface area contributed by atoms with E-state index in [1.807, 2.05) is 0 Å². The maximum Gasteiger partial charge on any atom is 0.275 e. The molecular formula is C21H28N6O5S. The fourth-order valence-electron chi connectivity index (χ4n) is 3.55. The maximum absolute atomic E-state index is 12.9. The number of amides is 1. The van der Waals surface area contributed by atoms with E-state index in [0.717, 1.165) is 0 Å². The van der Waals surface area contributed by atoms with Crippen molar-refractivity contribution in [1.82, 2.24) is 14.9 Å². The Morgan fingerprint density at radius 2 is 1.85 bits per heavy atom. The van der Waals surface area contributed by atoms with E-state index in [1.165, 1.54) is 10.6 Å². The molecule has 12 heteroatoms. The lowest BCUT2D eigenvalue weighted by Crippen LogP contribution is -2.45. The Labute approximate surface area is 192 Å². The summed E-state index contributed by atoms with van der Waals surface area (Å²) in [7, 11) is -3.81. The number of nitrogens with zero attached hydrogens (tertiary/aromatic N) is 2. The molecule has 2 aromatic rings. The van der Waals surface area contributed by atoms with Crippen LogP contribution in [0.4, 0.5) is 5.69 Å². The number of carbonyl (C=O) groups is 1. The molecule has 1 aromatic carbocycles. The first kappa shape index (κ1) is 24.3. The molecule has 0 radical (unpaired) electrons. The van der Waals surface area contributed by atoms with Crippen LogP contribution in [0.5, 0.6) is 0 Å². The number of aryl methyl sites for hydroxylation is 1. The first-order chi connectivity index (χ1) is 15.6. The summed E-state index contributed by atoms with van der Waals surface area (Å²) < 4.78 is 28.7. The highest BCUT2D eigenvalue weighted by Crippen LogP contribution is 2.14. The van der Waals surface area contributed by atoms with Gasteiger partial charge in [0.2, 0.25) is 21.9 Å². The van der Waals surface area contributed by atoms with Crippen molar-refractivity contribution in [2.24, 2.45) is 5.73 Å². The molecule has 1 saturated heterocycles. The summed E-state index contributed by atoms with van der Waals surface area (Å²) in [5, 5.41) is 7.12. The fraction of sp³-hybridized carbons (Fsp3) is 0.381. The minimum Gasteiger partial charge on any atom is -0.368 e. The molecule has 3 rings (SSSR count). The number of guanidine groups is 1. The maximum atomic E-state index is 12.9. The summed E-state index contributed by atoms with van der Waals surface area (Å²) in [4.78, 5) is 32.7. The topological polar surface area (TPSA) is 160 Å². The second-order valence-corrected chi connectivity index (χ2v) is 9.56. The zero-order chi connectivity index (χ0) is 24.0. The minimum absolute atomic E-state index is 0.105. The Balaban J connectivity index is 1.66. The number of nitrogens with two attached hydrogens (primary N) is 1. The van der Waals surface area contributed by atoms with Gasteiger partial charge in [0.15, 0.2) is 0 Å². The first-order valence-corrected chi connectivity index (χ1v) is 12.1. The average molecular weight is 477 g/mol. The molecule has 1 aliphatic rings. The molecule has 1 aliphatic heterocycles. The number of anilines is 1. The van der Waals surface area contributed by atoms with Gasteiger partial charge in [0.1, 0.15) is 12.2 Å². The number of hydroxylamine groups is 1. The Kier molecular flexibility index (Phi) is 7.71. The zero-order valence-electron chi connectivity index (χ0n) is 18.3. The van der Waals surface area contributed by atoms with E-state index in [4.69, 9.17) is 16.0 Å². The molecule has 1 amide bonds. The number of hydrogen-bond donors (Lipinski definition) is 4. The lowest BCUT2D eigenvalue weighted by atomic mass is 10.1. The van der Waals surface area contributed by atoms with E-state index < -0.39 is 15.6 Å². The monoisotopic (exact) mass is 476 g/mol. The fourth-order valence-corrected chi connectivity index (χ4v) is 4.74. The van der Waals surface area contributed by atoms with Crippen molar-refractivity contribution < 1.29 is 18.0 Å². The Hall–Kier alpha value is -3.38. The van der Waals surface area contributed by atoms with E-state index in [0.29, 0.717) is 37.2 Å². The second kappa shape index (κ2) is 10.5. The zero-order valence-corrected chi connectivity index (χ0v) is 19.1. The van der Waals surface area contributed by atoms with Crippen LogP contribution in [-0.4, -0.2) is 48.9 Å². The third-order valence-electron chi connectivity index (χ3n) is 5.28. The predicted molar refractivity (Wildman–Crippen MR) is 124 cm³/mol. The summed E-state index contributed by atoms with van der Waals surface area (Å²) in [6.45, 7) is 2.35. The Bertz CT molecular complexity index is 1160. The smallest absolute Gasteiger partial charge is 0.275 e. The summed E-state index contributed by atoms with van der Waals surface area (Å²) in [5.41, 5.74) is 7.96. The summed E-state index contributed by atoms with van der Waals surface area (Å²) in [6.07, 6.45) is 0.933. The predicted octanol–water partition coefficient (Wildman–Crippen LogP) is 0.504. The molecule has 0 atom stereocenters. The quantitative estimate of drug-likeness (QED) is 0.245. The third-order valence-corrected chi connectivity index (χ3v) is 6.53. The van der Waals surface area contributed by atoms with Gasteiger partial charge in [-0.25, -0.2) is 13.9 Å². The van der Waals surface area contributed by atoms with Gasteiger partial charge < -0.3 is 15.2 Å². The number of hydrogen-bond acceptors (Lipinski definition) is 6. The highest BCUT2D eigenvalue weighted by atomic mass is 32.2. The number of pyridine rings is 1. The first-order valence-electron chi connectivity index (χ1n) is 10.4. The number of likely N-dealkylation sites (tertiary alicyclic amines) is 1. The molecule has 2 heterocycles. The van der Waals surface area contributed by atoms with Crippen molar-refractivity contribution in [2.75, 3.05) is 17.8 Å². The van der Waals surface area contributed by atoms with Crippen molar-refractivity contribution in [2.45, 2.75) is 38.2 Å². The molecule has 0 spiro atoms. The molecule has 11 nitrogen and oxygen atoms in total. The highest BCUT2D eigenvalue weighted by molar-refractivity contribution is 7.91. The largest absolute Gasteiger partial charge is 0.368 e. The van der Waals surface area contributed by atoms with Gasteiger partial charge in [-0.2, -0.15) is 0 Å². The number of piperidine rings is 1. The van der Waals surface area contributed by atoms with Gasteiger partial charge in [0.05, 0.1) is 11.9 Å². The molecule has 33 heavy (non-hydrogen) atoms. The van der Waals surface area contributed by atoms with Crippen molar-refractivity contribution >= 4 is 27.6 Å². The van der Waals surface area contributed by atoms with Crippen LogP contribution >= 0.6 is 0 Å². The van der Waals surface area contributed by atoms with Gasteiger partial charge >= 0.3 is 0 Å². The van der Waals surface area contributed by atoms with Crippen LogP contribution in [0.3, 0.4) is 0 Å². The number of rotatable bonds is 8. The second-order valence-electron chi connectivity index (χ2n) is 7.84. The van der Waals surface area contributed by atoms with Gasteiger partial charge in [-0.3, -0.25) is 24.6 Å². The van der Waals surface area contributed by atoms with Crippen LogP contribution in [0.15, 0.2) is 47.3 Å². The van der Waals surface area contributed by atoms with Crippen LogP contribution < -0.4 is 21.5 Å². The molecule has 0 saturated carbocycles. The van der Waals surface area contributed by atoms with Crippen molar-refractivity contribution in [3.05, 3.63) is 64.1 Å². The molecular weight excluding hydrogens is 448 g/mol. The van der Waals surface area contributed by atoms with Crippen LogP contribution in [0.1, 0.15) is 24.1 Å². The standard InChI is InChI=1S/C21H28N6O5S/c1-15-7-8-18(25-33(30,31)14-16-5-3-2-4-6-16)20(29)27(15)13-19(28)26-11-9-17(10-12-26)32-24-21(22)23/h2-8,17,25H,9-14H2,1H3,(H4,22,23,24). The molecule has 178 valence electrons. The third kappa shape index (κ3) is 6.80. The Morgan fingerprint density at radius 1 is 1.18 bits per heavy atom. The number of aromatic nitrogens is 1. The van der Waals surface area contributed by atoms with E-state index in [2.05, 4.69) is 10.2 Å². The lowest BCUT2D eigenvalue weighted by molar-refractivity contribution is -0.135. The van der Waals surface area contributed by atoms with E-state index in [1.54, 1.807) is 48.2 Å². The van der Waals surface area contributed by atoms with Crippen LogP contribution in [0.2, 0.25) is 0 Å². The number of sulfonamides is 1. The van der Waals surface area contributed by atoms with Gasteiger partial charge in [-0.1, -0.05) is 30.3 Å². The molecule has 1 fully saturated rings. The Morgan fingerprint density at radius 3 is 2.48 bits per heavy atom. The molecule has 1 aromatic heterocycles. The number of benzene rings is 1. The van der Waals surface area contributed by atoms with Crippen LogP contribution in [0.25, 0.3) is 0 Å². The molecule has 5 N–H and O–H groups in total. The van der Waals surface area contributed by atoms with E-state index >= 15 is 0 Å². The SMILES string of the molecule is Cc1ccc(NS(=O)(=O)Cc2ccccc2)c(=O)n1CC(=O)N1CCC(ONC(=N)N)CC1. The van der Waals surface area contributed by atoms with E-state index in [9.17, 15) is 18.0 Å². The van der Waals surface area contributed by atoms with Crippen molar-refractivity contribution in [3.8, 4) is 0 Å². The summed E-state index contributed by atoms with van der Waals surface area (Å²) >= 11 is 0. The van der Waals surface area contributed by atoms with Crippen molar-refractivity contribution in [1.29, 1.82) is 5.41 Å². The summed E-state index contributed by atoms with van der Waals surface area (Å²) in [6, 6.07) is 11.7. The van der Waals surface area contributed by atoms with Crippen LogP contribution in [-0.2, 0) is 32.0 Å². The van der Waals surface area contributed by atoms with E-state index in [-0.39, 0.29) is 36.0 Å². The van der Waals surface area contributed by atoms with Crippen molar-refractivity contribution in [3.63, 3.8) is 0 Å².